The Hall–Kier alpha value is -3.19. The van der Waals surface area contributed by atoms with Gasteiger partial charge >= 0.3 is 0 Å². The highest BCUT2D eigenvalue weighted by molar-refractivity contribution is 5.98. The van der Waals surface area contributed by atoms with Crippen molar-refractivity contribution in [1.82, 2.24) is 14.9 Å². The number of fused-ring (bicyclic) bond motifs is 1. The smallest absolute Gasteiger partial charge is 0.253 e. The summed E-state index contributed by atoms with van der Waals surface area (Å²) in [5.74, 6) is 1.80. The maximum atomic E-state index is 13.1. The number of piperazine rings is 1. The van der Waals surface area contributed by atoms with Gasteiger partial charge < -0.3 is 19.4 Å². The van der Waals surface area contributed by atoms with E-state index in [9.17, 15) is 4.79 Å². The van der Waals surface area contributed by atoms with Gasteiger partial charge in [0, 0.05) is 56.6 Å². The summed E-state index contributed by atoms with van der Waals surface area (Å²) in [4.78, 5) is 28.9. The maximum absolute atomic E-state index is 13.1. The second-order valence-corrected chi connectivity index (χ2v) is 8.11. The molecule has 0 radical (unpaired) electrons. The lowest BCUT2D eigenvalue weighted by Gasteiger charge is -2.36. The van der Waals surface area contributed by atoms with Crippen LogP contribution in [0.5, 0.6) is 0 Å². The van der Waals surface area contributed by atoms with E-state index < -0.39 is 0 Å². The number of carbonyl (C=O) groups is 1. The minimum atomic E-state index is 0.0956. The Bertz CT molecular complexity index is 1090. The van der Waals surface area contributed by atoms with Gasteiger partial charge in [0.05, 0.1) is 13.2 Å². The van der Waals surface area contributed by atoms with E-state index in [1.807, 2.05) is 54.3 Å². The molecule has 2 fully saturated rings. The van der Waals surface area contributed by atoms with Crippen LogP contribution in [-0.4, -0.2) is 73.3 Å². The van der Waals surface area contributed by atoms with Gasteiger partial charge in [0.25, 0.3) is 5.91 Å². The van der Waals surface area contributed by atoms with Gasteiger partial charge in [-0.05, 0) is 29.8 Å². The van der Waals surface area contributed by atoms with Gasteiger partial charge in [0.15, 0.2) is 0 Å². The van der Waals surface area contributed by atoms with E-state index in [1.165, 1.54) is 0 Å². The Balaban J connectivity index is 1.27. The first-order valence-corrected chi connectivity index (χ1v) is 10.9. The van der Waals surface area contributed by atoms with Gasteiger partial charge in [-0.25, -0.2) is 4.98 Å². The predicted octanol–water partition coefficient (Wildman–Crippen LogP) is 2.74. The monoisotopic (exact) mass is 417 g/mol. The molecule has 1 aromatic heterocycles. The van der Waals surface area contributed by atoms with E-state index >= 15 is 0 Å². The number of carbonyl (C=O) groups excluding carboxylic acids is 1. The van der Waals surface area contributed by atoms with Crippen LogP contribution in [0.2, 0.25) is 0 Å². The summed E-state index contributed by atoms with van der Waals surface area (Å²) >= 11 is 0. The second kappa shape index (κ2) is 8.51. The fourth-order valence-electron chi connectivity index (χ4n) is 4.25. The molecule has 2 aromatic carbocycles. The molecule has 160 valence electrons. The Morgan fingerprint density at radius 1 is 0.839 bits per heavy atom. The molecule has 7 nitrogen and oxygen atoms in total. The first kappa shape index (κ1) is 19.8. The zero-order valence-electron chi connectivity index (χ0n) is 17.8. The van der Waals surface area contributed by atoms with Crippen molar-refractivity contribution in [2.24, 2.45) is 0 Å². The highest BCUT2D eigenvalue weighted by atomic mass is 16.5. The number of aryl methyl sites for hydroxylation is 1. The van der Waals surface area contributed by atoms with Crippen LogP contribution in [0.25, 0.3) is 10.8 Å². The molecule has 0 N–H and O–H groups in total. The normalized spacial score (nSPS) is 17.3. The van der Waals surface area contributed by atoms with Crippen molar-refractivity contribution in [2.45, 2.75) is 6.92 Å². The average Bonchev–Trinajstić information content (AvgIpc) is 2.83. The number of hydrogen-bond donors (Lipinski definition) is 0. The zero-order chi connectivity index (χ0) is 21.2. The molecule has 0 unspecified atom stereocenters. The van der Waals surface area contributed by atoms with Gasteiger partial charge in [-0.1, -0.05) is 30.3 Å². The molecule has 2 aliphatic rings. The van der Waals surface area contributed by atoms with Crippen molar-refractivity contribution in [2.75, 3.05) is 62.3 Å². The van der Waals surface area contributed by atoms with E-state index in [-0.39, 0.29) is 5.91 Å². The van der Waals surface area contributed by atoms with Crippen LogP contribution in [0.3, 0.4) is 0 Å². The first-order valence-electron chi connectivity index (χ1n) is 10.9. The topological polar surface area (TPSA) is 61.8 Å². The van der Waals surface area contributed by atoms with Crippen LogP contribution < -0.4 is 9.80 Å². The number of nitrogens with zero attached hydrogens (tertiary/aromatic N) is 5. The molecule has 7 heteroatoms. The Labute approximate surface area is 182 Å². The quantitative estimate of drug-likeness (QED) is 0.653. The zero-order valence-corrected chi connectivity index (χ0v) is 17.8. The summed E-state index contributed by atoms with van der Waals surface area (Å²) in [5.41, 5.74) is 1.71. The number of benzene rings is 2. The molecular formula is C24H27N5O2. The number of anilines is 2. The standard InChI is InChI=1S/C24H27N5O2/c1-18-16-22(26-24(25-18)29-12-14-31-15-13-29)27-8-10-28(11-9-27)23(30)21-7-6-19-4-2-3-5-20(19)17-21/h2-7,16-17H,8-15H2,1H3. The number of rotatable bonds is 3. The molecule has 2 aliphatic heterocycles. The third kappa shape index (κ3) is 4.18. The lowest BCUT2D eigenvalue weighted by molar-refractivity contribution is 0.0746. The summed E-state index contributed by atoms with van der Waals surface area (Å²) in [6.45, 7) is 7.95. The van der Waals surface area contributed by atoms with E-state index in [2.05, 4.69) is 20.9 Å². The van der Waals surface area contributed by atoms with Crippen LogP contribution in [0, 0.1) is 6.92 Å². The molecule has 3 aromatic rings. The van der Waals surface area contributed by atoms with Crippen LogP contribution in [0.4, 0.5) is 11.8 Å². The Morgan fingerprint density at radius 2 is 1.58 bits per heavy atom. The highest BCUT2D eigenvalue weighted by Gasteiger charge is 2.24. The number of ether oxygens (including phenoxy) is 1. The van der Waals surface area contributed by atoms with Crippen LogP contribution in [0.1, 0.15) is 16.1 Å². The first-order chi connectivity index (χ1) is 15.2. The minimum absolute atomic E-state index is 0.0956. The molecule has 0 spiro atoms. The van der Waals surface area contributed by atoms with E-state index in [0.717, 1.165) is 60.0 Å². The van der Waals surface area contributed by atoms with E-state index in [0.29, 0.717) is 26.3 Å². The third-order valence-electron chi connectivity index (χ3n) is 6.01. The molecule has 0 aliphatic carbocycles. The molecule has 3 heterocycles. The molecule has 5 rings (SSSR count). The Kier molecular flexibility index (Phi) is 5.42. The van der Waals surface area contributed by atoms with Gasteiger partial charge in [-0.2, -0.15) is 4.98 Å². The van der Waals surface area contributed by atoms with Crippen molar-refractivity contribution in [3.63, 3.8) is 0 Å². The van der Waals surface area contributed by atoms with Gasteiger partial charge in [-0.3, -0.25) is 4.79 Å². The van der Waals surface area contributed by atoms with Crippen molar-refractivity contribution >= 4 is 28.4 Å². The largest absolute Gasteiger partial charge is 0.378 e. The van der Waals surface area contributed by atoms with Gasteiger partial charge in [0.1, 0.15) is 5.82 Å². The number of amides is 1. The minimum Gasteiger partial charge on any atom is -0.378 e. The fourth-order valence-corrected chi connectivity index (χ4v) is 4.25. The average molecular weight is 418 g/mol. The molecule has 0 bridgehead atoms. The summed E-state index contributed by atoms with van der Waals surface area (Å²) in [6.07, 6.45) is 0. The molecule has 1 amide bonds. The maximum Gasteiger partial charge on any atom is 0.253 e. The summed E-state index contributed by atoms with van der Waals surface area (Å²) in [6, 6.07) is 16.1. The van der Waals surface area contributed by atoms with Crippen molar-refractivity contribution < 1.29 is 9.53 Å². The molecule has 31 heavy (non-hydrogen) atoms. The Morgan fingerprint density at radius 3 is 2.35 bits per heavy atom. The van der Waals surface area contributed by atoms with Crippen LogP contribution in [-0.2, 0) is 4.74 Å². The summed E-state index contributed by atoms with van der Waals surface area (Å²) in [7, 11) is 0. The predicted molar refractivity (Wildman–Crippen MR) is 122 cm³/mol. The highest BCUT2D eigenvalue weighted by Crippen LogP contribution is 2.21. The fraction of sp³-hybridized carbons (Fsp3) is 0.375. The van der Waals surface area contributed by atoms with Gasteiger partial charge in [-0.15, -0.1) is 0 Å². The molecule has 0 atom stereocenters. The van der Waals surface area contributed by atoms with Gasteiger partial charge in [0.2, 0.25) is 5.95 Å². The molecular weight excluding hydrogens is 390 g/mol. The lowest BCUT2D eigenvalue weighted by Crippen LogP contribution is -2.49. The SMILES string of the molecule is Cc1cc(N2CCN(C(=O)c3ccc4ccccc4c3)CC2)nc(N2CCOCC2)n1. The van der Waals surface area contributed by atoms with Crippen molar-refractivity contribution in [1.29, 1.82) is 0 Å². The van der Waals surface area contributed by atoms with Crippen molar-refractivity contribution in [3.8, 4) is 0 Å². The van der Waals surface area contributed by atoms with E-state index in [1.54, 1.807) is 0 Å². The number of hydrogen-bond acceptors (Lipinski definition) is 6. The lowest BCUT2D eigenvalue weighted by atomic mass is 10.1. The number of morpholine rings is 1. The molecule has 0 saturated carbocycles. The number of aromatic nitrogens is 2. The second-order valence-electron chi connectivity index (χ2n) is 8.11. The summed E-state index contributed by atoms with van der Waals surface area (Å²) in [5, 5.41) is 2.25. The molecule has 2 saturated heterocycles. The van der Waals surface area contributed by atoms with Crippen molar-refractivity contribution in [3.05, 3.63) is 59.8 Å². The third-order valence-corrected chi connectivity index (χ3v) is 6.01. The van der Waals surface area contributed by atoms with Crippen LogP contribution in [0.15, 0.2) is 48.5 Å². The van der Waals surface area contributed by atoms with E-state index in [4.69, 9.17) is 9.72 Å². The summed E-state index contributed by atoms with van der Waals surface area (Å²) < 4.78 is 5.45. The van der Waals surface area contributed by atoms with Crippen LogP contribution >= 0.6 is 0 Å².